The predicted octanol–water partition coefficient (Wildman–Crippen LogP) is 7.10. The van der Waals surface area contributed by atoms with Crippen LogP contribution < -0.4 is 14.8 Å². The predicted molar refractivity (Wildman–Crippen MR) is 166 cm³/mol. The van der Waals surface area contributed by atoms with Crippen LogP contribution >= 0.6 is 34.4 Å². The van der Waals surface area contributed by atoms with Gasteiger partial charge in [0.25, 0.3) is 11.1 Å². The molecule has 0 atom stereocenters. The van der Waals surface area contributed by atoms with Crippen molar-refractivity contribution < 1.29 is 23.9 Å². The number of halogens is 1. The third kappa shape index (κ3) is 6.48. The van der Waals surface area contributed by atoms with Gasteiger partial charge >= 0.3 is 0 Å². The van der Waals surface area contributed by atoms with Gasteiger partial charge in [-0.1, -0.05) is 48.5 Å². The highest BCUT2D eigenvalue weighted by Crippen LogP contribution is 2.35. The van der Waals surface area contributed by atoms with Crippen LogP contribution in [-0.2, 0) is 16.2 Å². The Labute approximate surface area is 249 Å². The molecule has 7 nitrogen and oxygen atoms in total. The minimum atomic E-state index is -0.512. The normalized spacial score (nSPS) is 14.2. The molecular formula is C31H25IN2O5S. The lowest BCUT2D eigenvalue weighted by molar-refractivity contribution is -0.127. The van der Waals surface area contributed by atoms with Crippen LogP contribution in [0.25, 0.3) is 16.8 Å². The van der Waals surface area contributed by atoms with E-state index in [1.165, 1.54) is 0 Å². The molecule has 0 unspecified atom stereocenters. The molecule has 1 fully saturated rings. The van der Waals surface area contributed by atoms with Gasteiger partial charge < -0.3 is 14.8 Å². The number of hydrogen-bond donors (Lipinski definition) is 1. The first-order chi connectivity index (χ1) is 19.4. The maximum Gasteiger partial charge on any atom is 0.294 e. The molecule has 1 heterocycles. The summed E-state index contributed by atoms with van der Waals surface area (Å²) >= 11 is 2.97. The summed E-state index contributed by atoms with van der Waals surface area (Å²) in [6.45, 7) is 2.32. The average Bonchev–Trinajstić information content (AvgIpc) is 3.21. The molecule has 4 aromatic carbocycles. The van der Waals surface area contributed by atoms with Gasteiger partial charge in [0, 0.05) is 9.26 Å². The van der Waals surface area contributed by atoms with Gasteiger partial charge in [-0.05, 0) is 106 Å². The maximum atomic E-state index is 13.0. The molecule has 0 aromatic heterocycles. The van der Waals surface area contributed by atoms with Gasteiger partial charge in [0.2, 0.25) is 5.91 Å². The summed E-state index contributed by atoms with van der Waals surface area (Å²) in [6, 6.07) is 26.9. The fourth-order valence-corrected chi connectivity index (χ4v) is 5.44. The van der Waals surface area contributed by atoms with Gasteiger partial charge in [-0.3, -0.25) is 19.3 Å². The zero-order valence-electron chi connectivity index (χ0n) is 21.6. The topological polar surface area (TPSA) is 84.9 Å². The molecule has 1 N–H and O–H groups in total. The first kappa shape index (κ1) is 27.7. The van der Waals surface area contributed by atoms with Crippen LogP contribution in [0, 0.1) is 3.57 Å². The number of carbonyl (C=O) groups excluding carboxylic acids is 3. The summed E-state index contributed by atoms with van der Waals surface area (Å²) in [7, 11) is 0. The lowest BCUT2D eigenvalue weighted by Crippen LogP contribution is -2.36. The van der Waals surface area contributed by atoms with Crippen molar-refractivity contribution in [3.05, 3.63) is 105 Å². The Morgan fingerprint density at radius 2 is 1.73 bits per heavy atom. The van der Waals surface area contributed by atoms with E-state index in [-0.39, 0.29) is 11.4 Å². The highest BCUT2D eigenvalue weighted by Gasteiger charge is 2.36. The molecule has 0 spiro atoms. The lowest BCUT2D eigenvalue weighted by Gasteiger charge is -2.14. The number of amides is 3. The number of nitrogens with zero attached hydrogens (tertiary/aromatic N) is 1. The van der Waals surface area contributed by atoms with E-state index >= 15 is 0 Å². The fourth-order valence-electron chi connectivity index (χ4n) is 4.24. The van der Waals surface area contributed by atoms with Crippen LogP contribution in [0.2, 0.25) is 0 Å². The zero-order valence-corrected chi connectivity index (χ0v) is 24.5. The molecule has 0 aliphatic carbocycles. The maximum absolute atomic E-state index is 13.0. The molecule has 1 saturated heterocycles. The lowest BCUT2D eigenvalue weighted by atomic mass is 10.1. The summed E-state index contributed by atoms with van der Waals surface area (Å²) in [5.41, 5.74) is 2.33. The van der Waals surface area contributed by atoms with E-state index < -0.39 is 17.1 Å². The van der Waals surface area contributed by atoms with Crippen LogP contribution in [0.5, 0.6) is 11.5 Å². The second-order valence-electron chi connectivity index (χ2n) is 8.89. The second-order valence-corrected chi connectivity index (χ2v) is 11.1. The van der Waals surface area contributed by atoms with Crippen LogP contribution in [0.1, 0.15) is 18.1 Å². The third-order valence-corrected chi connectivity index (χ3v) is 7.76. The van der Waals surface area contributed by atoms with Crippen molar-refractivity contribution >= 4 is 73.9 Å². The first-order valence-corrected chi connectivity index (χ1v) is 14.5. The Balaban J connectivity index is 1.28. The average molecular weight is 665 g/mol. The molecule has 0 bridgehead atoms. The number of benzene rings is 4. The smallest absolute Gasteiger partial charge is 0.294 e. The number of carbonyl (C=O) groups is 3. The van der Waals surface area contributed by atoms with Gasteiger partial charge in [0.05, 0.1) is 11.5 Å². The number of thioether (sulfide) groups is 1. The number of ether oxygens (including phenoxy) is 2. The summed E-state index contributed by atoms with van der Waals surface area (Å²) < 4.78 is 13.0. The van der Waals surface area contributed by atoms with Gasteiger partial charge in [0.1, 0.15) is 13.2 Å². The summed E-state index contributed by atoms with van der Waals surface area (Å²) in [5.74, 6) is 0.151. The Hall–Kier alpha value is -3.83. The standard InChI is InChI=1S/C31H25IN2O5S/c1-2-38-27-16-20(10-15-26(27)39-19-22-8-5-7-21-6-3-4-9-25(21)22)17-28-30(36)34(31(37)40-28)18-29(35)33-24-13-11-23(32)12-14-24/h3-17H,2,18-19H2,1H3,(H,33,35)/b28-17-. The van der Waals surface area contributed by atoms with Crippen molar-refractivity contribution in [2.45, 2.75) is 13.5 Å². The highest BCUT2D eigenvalue weighted by atomic mass is 127. The van der Waals surface area contributed by atoms with E-state index in [2.05, 4.69) is 46.1 Å². The number of rotatable bonds is 9. The zero-order chi connectivity index (χ0) is 28.1. The molecule has 202 valence electrons. The number of imide groups is 1. The van der Waals surface area contributed by atoms with E-state index in [0.717, 1.165) is 36.6 Å². The molecule has 0 radical (unpaired) electrons. The number of nitrogens with one attached hydrogen (secondary N) is 1. The van der Waals surface area contributed by atoms with Crippen molar-refractivity contribution in [2.24, 2.45) is 0 Å². The Morgan fingerprint density at radius 1 is 0.950 bits per heavy atom. The van der Waals surface area contributed by atoms with Crippen molar-refractivity contribution in [3.63, 3.8) is 0 Å². The molecule has 1 aliphatic rings. The van der Waals surface area contributed by atoms with Gasteiger partial charge in [0.15, 0.2) is 11.5 Å². The highest BCUT2D eigenvalue weighted by molar-refractivity contribution is 14.1. The van der Waals surface area contributed by atoms with E-state index in [0.29, 0.717) is 36.0 Å². The van der Waals surface area contributed by atoms with Crippen molar-refractivity contribution in [1.82, 2.24) is 4.90 Å². The summed E-state index contributed by atoms with van der Waals surface area (Å²) in [4.78, 5) is 39.2. The van der Waals surface area contributed by atoms with Gasteiger partial charge in [-0.25, -0.2) is 0 Å². The van der Waals surface area contributed by atoms with E-state index in [1.54, 1.807) is 36.4 Å². The summed E-state index contributed by atoms with van der Waals surface area (Å²) in [6.07, 6.45) is 1.62. The van der Waals surface area contributed by atoms with Crippen molar-refractivity contribution in [1.29, 1.82) is 0 Å². The van der Waals surface area contributed by atoms with E-state index in [4.69, 9.17) is 9.47 Å². The molecular weight excluding hydrogens is 639 g/mol. The molecule has 9 heteroatoms. The number of fused-ring (bicyclic) bond motifs is 1. The first-order valence-electron chi connectivity index (χ1n) is 12.6. The minimum absolute atomic E-state index is 0.235. The Kier molecular flexibility index (Phi) is 8.71. The monoisotopic (exact) mass is 664 g/mol. The Morgan fingerprint density at radius 3 is 2.52 bits per heavy atom. The minimum Gasteiger partial charge on any atom is -0.490 e. The SMILES string of the molecule is CCOc1cc(/C=C2\SC(=O)N(CC(=O)Nc3ccc(I)cc3)C2=O)ccc1OCc1cccc2ccccc12. The fraction of sp³-hybridized carbons (Fsp3) is 0.129. The molecule has 0 saturated carbocycles. The van der Waals surface area contributed by atoms with E-state index in [9.17, 15) is 14.4 Å². The van der Waals surface area contributed by atoms with Crippen LogP contribution in [-0.4, -0.2) is 35.1 Å². The molecule has 40 heavy (non-hydrogen) atoms. The quantitative estimate of drug-likeness (QED) is 0.152. The van der Waals surface area contributed by atoms with Crippen LogP contribution in [0.4, 0.5) is 10.5 Å². The summed E-state index contributed by atoms with van der Waals surface area (Å²) in [5, 5.41) is 4.49. The van der Waals surface area contributed by atoms with Crippen molar-refractivity contribution in [2.75, 3.05) is 18.5 Å². The molecule has 1 aliphatic heterocycles. The Bertz CT molecular complexity index is 1610. The molecule has 3 amide bonds. The van der Waals surface area contributed by atoms with Crippen molar-refractivity contribution in [3.8, 4) is 11.5 Å². The number of hydrogen-bond acceptors (Lipinski definition) is 6. The van der Waals surface area contributed by atoms with Crippen LogP contribution in [0.15, 0.2) is 89.8 Å². The van der Waals surface area contributed by atoms with Gasteiger partial charge in [-0.15, -0.1) is 0 Å². The molecule has 5 rings (SSSR count). The largest absolute Gasteiger partial charge is 0.490 e. The molecule has 4 aromatic rings. The van der Waals surface area contributed by atoms with Gasteiger partial charge in [-0.2, -0.15) is 0 Å². The second kappa shape index (κ2) is 12.6. The third-order valence-electron chi connectivity index (χ3n) is 6.13. The number of anilines is 1. The van der Waals surface area contributed by atoms with Crippen LogP contribution in [0.3, 0.4) is 0 Å². The van der Waals surface area contributed by atoms with E-state index in [1.807, 2.05) is 43.3 Å².